The summed E-state index contributed by atoms with van der Waals surface area (Å²) in [5.74, 6) is -0.0562. The Kier molecular flexibility index (Phi) is 3.62. The molecular formula is C19H19N5O2. The second-order valence-electron chi connectivity index (χ2n) is 5.86. The molecule has 1 aromatic carbocycles. The van der Waals surface area contributed by atoms with Gasteiger partial charge in [-0.05, 0) is 17.7 Å². The molecule has 1 aliphatic rings. The topological polar surface area (TPSA) is 80.2 Å². The van der Waals surface area contributed by atoms with E-state index >= 15 is 0 Å². The first kappa shape index (κ1) is 12.5. The van der Waals surface area contributed by atoms with Crippen LogP contribution in [0.25, 0.3) is 22.0 Å². The smallest absolute Gasteiger partial charge is 0.240 e. The van der Waals surface area contributed by atoms with Gasteiger partial charge in [-0.2, -0.15) is 0 Å². The number of nitrogens with zero attached hydrogens (tertiary/aromatic N) is 4. The summed E-state index contributed by atoms with van der Waals surface area (Å²) >= 11 is 0. The van der Waals surface area contributed by atoms with Crippen LogP contribution in [0, 0.1) is 0 Å². The number of rotatable bonds is 4. The van der Waals surface area contributed by atoms with Crippen LogP contribution in [0.2, 0.25) is 0 Å². The number of amides is 1. The van der Waals surface area contributed by atoms with E-state index in [4.69, 9.17) is 10.2 Å². The molecular weight excluding hydrogens is 330 g/mol. The van der Waals surface area contributed by atoms with Crippen molar-refractivity contribution in [3.8, 4) is 11.1 Å². The minimum atomic E-state index is -0.401. The summed E-state index contributed by atoms with van der Waals surface area (Å²) in [5, 5.41) is 3.42. The van der Waals surface area contributed by atoms with Gasteiger partial charge in [-0.25, -0.2) is 9.97 Å². The van der Waals surface area contributed by atoms with Gasteiger partial charge >= 0.3 is 0 Å². The Morgan fingerprint density at radius 3 is 3.08 bits per heavy atom. The van der Waals surface area contributed by atoms with E-state index in [0.29, 0.717) is 37.4 Å². The second kappa shape index (κ2) is 7.55. The van der Waals surface area contributed by atoms with Gasteiger partial charge in [0.25, 0.3) is 0 Å². The number of benzene rings is 1. The van der Waals surface area contributed by atoms with E-state index in [9.17, 15) is 4.79 Å². The zero-order valence-corrected chi connectivity index (χ0v) is 14.0. The first-order chi connectivity index (χ1) is 14.4. The Morgan fingerprint density at radius 2 is 2.19 bits per heavy atom. The van der Waals surface area contributed by atoms with Gasteiger partial charge in [-0.3, -0.25) is 20.0 Å². The lowest BCUT2D eigenvalue weighted by Gasteiger charge is -2.25. The summed E-state index contributed by atoms with van der Waals surface area (Å²) in [6, 6.07) is 4.53. The number of ether oxygens (including phenoxy) is 1. The van der Waals surface area contributed by atoms with E-state index in [1.165, 1.54) is 0 Å². The van der Waals surface area contributed by atoms with Crippen molar-refractivity contribution in [1.29, 1.82) is 0 Å². The van der Waals surface area contributed by atoms with Crippen molar-refractivity contribution in [3.05, 3.63) is 48.8 Å². The lowest BCUT2D eigenvalue weighted by atomic mass is 10.1. The van der Waals surface area contributed by atoms with E-state index in [1.54, 1.807) is 24.4 Å². The van der Waals surface area contributed by atoms with Gasteiger partial charge in [-0.15, -0.1) is 0 Å². The number of hydrogen-bond acceptors (Lipinski definition) is 6. The average molecular weight is 353 g/mol. The van der Waals surface area contributed by atoms with Gasteiger partial charge in [0.15, 0.2) is 0 Å². The predicted molar refractivity (Wildman–Crippen MR) is 98.7 cm³/mol. The standard InChI is InChI=1S/C19H19N5O2/c25-18(13-24-6-8-26-9-7-24)23-19-21-12-16-4-3-14(10-17(16)22-19)15-2-1-5-20-11-15/h1-5,10-12H,6-9,13H2,(H,21,22,23,25)/i1D,2D,5D,11D. The van der Waals surface area contributed by atoms with Gasteiger partial charge in [0.2, 0.25) is 11.9 Å². The minimum Gasteiger partial charge on any atom is -0.379 e. The number of aromatic nitrogens is 3. The number of anilines is 1. The Hall–Kier alpha value is -2.90. The molecule has 0 aliphatic carbocycles. The molecule has 4 rings (SSSR count). The zero-order chi connectivity index (χ0) is 21.3. The molecule has 7 heteroatoms. The Bertz CT molecular complexity index is 1120. The molecule has 2 aromatic heterocycles. The molecule has 0 spiro atoms. The van der Waals surface area contributed by atoms with E-state index in [-0.39, 0.29) is 42.2 Å². The van der Waals surface area contributed by atoms with E-state index in [0.717, 1.165) is 5.39 Å². The molecule has 0 unspecified atom stereocenters. The first-order valence-corrected chi connectivity index (χ1v) is 8.24. The molecule has 1 fully saturated rings. The normalized spacial score (nSPS) is 17.2. The van der Waals surface area contributed by atoms with Crippen LogP contribution in [-0.2, 0) is 9.53 Å². The van der Waals surface area contributed by atoms with Crippen molar-refractivity contribution < 1.29 is 15.0 Å². The number of carbonyl (C=O) groups excluding carboxylic acids is 1. The fraction of sp³-hybridized carbons (Fsp3) is 0.263. The molecule has 0 atom stereocenters. The molecule has 0 radical (unpaired) electrons. The predicted octanol–water partition coefficient (Wildman–Crippen LogP) is 1.96. The van der Waals surface area contributed by atoms with E-state index in [2.05, 4.69) is 20.3 Å². The maximum Gasteiger partial charge on any atom is 0.240 e. The third-order valence-electron chi connectivity index (χ3n) is 4.06. The second-order valence-corrected chi connectivity index (χ2v) is 5.86. The summed E-state index contributed by atoms with van der Waals surface area (Å²) in [4.78, 5) is 26.6. The molecule has 0 bridgehead atoms. The zero-order valence-electron chi connectivity index (χ0n) is 18.0. The quantitative estimate of drug-likeness (QED) is 0.772. The lowest BCUT2D eigenvalue weighted by molar-refractivity contribution is -0.118. The molecule has 3 aromatic rings. The number of hydrogen-bond donors (Lipinski definition) is 1. The van der Waals surface area contributed by atoms with Crippen LogP contribution in [-0.4, -0.2) is 58.6 Å². The molecule has 132 valence electrons. The molecule has 1 saturated heterocycles. The molecule has 1 aliphatic heterocycles. The van der Waals surface area contributed by atoms with Crippen LogP contribution < -0.4 is 5.32 Å². The van der Waals surface area contributed by atoms with Gasteiger partial charge in [-0.1, -0.05) is 18.2 Å². The Morgan fingerprint density at radius 1 is 1.31 bits per heavy atom. The van der Waals surface area contributed by atoms with Crippen molar-refractivity contribution in [2.45, 2.75) is 0 Å². The highest BCUT2D eigenvalue weighted by Crippen LogP contribution is 2.23. The first-order valence-electron chi connectivity index (χ1n) is 10.2. The highest BCUT2D eigenvalue weighted by Gasteiger charge is 2.15. The fourth-order valence-corrected chi connectivity index (χ4v) is 2.73. The number of morpholine rings is 1. The number of pyridine rings is 1. The summed E-state index contributed by atoms with van der Waals surface area (Å²) in [6.07, 6.45) is 0.941. The third-order valence-corrected chi connectivity index (χ3v) is 4.06. The highest BCUT2D eigenvalue weighted by molar-refractivity contribution is 5.92. The van der Waals surface area contributed by atoms with Crippen LogP contribution in [0.3, 0.4) is 0 Å². The van der Waals surface area contributed by atoms with Gasteiger partial charge < -0.3 is 4.74 Å². The summed E-state index contributed by atoms with van der Waals surface area (Å²) in [6.45, 7) is 2.84. The van der Waals surface area contributed by atoms with Crippen molar-refractivity contribution in [3.63, 3.8) is 0 Å². The Balaban J connectivity index is 1.60. The van der Waals surface area contributed by atoms with Crippen molar-refractivity contribution in [2.75, 3.05) is 38.2 Å². The van der Waals surface area contributed by atoms with Crippen molar-refractivity contribution in [1.82, 2.24) is 19.9 Å². The molecule has 1 N–H and O–H groups in total. The van der Waals surface area contributed by atoms with E-state index in [1.807, 2.05) is 4.90 Å². The number of carbonyl (C=O) groups is 1. The fourth-order valence-electron chi connectivity index (χ4n) is 2.73. The van der Waals surface area contributed by atoms with Gasteiger partial charge in [0.1, 0.15) is 0 Å². The van der Waals surface area contributed by atoms with Crippen LogP contribution in [0.4, 0.5) is 5.95 Å². The molecule has 0 saturated carbocycles. The molecule has 1 amide bonds. The maximum absolute atomic E-state index is 12.3. The molecule has 7 nitrogen and oxygen atoms in total. The average Bonchev–Trinajstić information content (AvgIpc) is 2.72. The lowest BCUT2D eigenvalue weighted by Crippen LogP contribution is -2.41. The van der Waals surface area contributed by atoms with Gasteiger partial charge in [0, 0.05) is 42.6 Å². The Labute approximate surface area is 156 Å². The minimum absolute atomic E-state index is 0.161. The highest BCUT2D eigenvalue weighted by atomic mass is 16.5. The number of nitrogens with one attached hydrogen (secondary N) is 1. The van der Waals surface area contributed by atoms with E-state index < -0.39 is 6.17 Å². The summed E-state index contributed by atoms with van der Waals surface area (Å²) in [5.41, 5.74) is 1.17. The summed E-state index contributed by atoms with van der Waals surface area (Å²) in [7, 11) is 0. The molecule has 26 heavy (non-hydrogen) atoms. The SMILES string of the molecule is [2H]c1nc([2H])c(-c2ccc3cnc(NC(=O)CN4CCOCC4)nc3c2)c([2H])c1[2H]. The van der Waals surface area contributed by atoms with Crippen LogP contribution in [0.15, 0.2) is 48.8 Å². The van der Waals surface area contributed by atoms with Crippen LogP contribution in [0.5, 0.6) is 0 Å². The molecule has 3 heterocycles. The monoisotopic (exact) mass is 353 g/mol. The van der Waals surface area contributed by atoms with Crippen molar-refractivity contribution >= 4 is 22.8 Å². The number of fused-ring (bicyclic) bond motifs is 1. The van der Waals surface area contributed by atoms with Gasteiger partial charge in [0.05, 0.1) is 30.8 Å². The van der Waals surface area contributed by atoms with Crippen LogP contribution in [0.1, 0.15) is 5.48 Å². The summed E-state index contributed by atoms with van der Waals surface area (Å²) < 4.78 is 36.8. The largest absolute Gasteiger partial charge is 0.379 e. The van der Waals surface area contributed by atoms with Crippen LogP contribution >= 0.6 is 0 Å². The maximum atomic E-state index is 12.3. The third kappa shape index (κ3) is 3.84. The van der Waals surface area contributed by atoms with Crippen molar-refractivity contribution in [2.24, 2.45) is 0 Å².